The normalized spacial score (nSPS) is 11.6. The molecule has 3 N–H and O–H groups in total. The van der Waals surface area contributed by atoms with E-state index in [1.807, 2.05) is 0 Å². The minimum atomic E-state index is -4.22. The highest BCUT2D eigenvalue weighted by molar-refractivity contribution is 7.89. The highest BCUT2D eigenvalue weighted by Gasteiger charge is 2.25. The fourth-order valence-corrected chi connectivity index (χ4v) is 5.69. The average molecular weight is 625 g/mol. The van der Waals surface area contributed by atoms with Crippen LogP contribution in [0.5, 0.6) is 23.0 Å². The number of halogens is 1. The van der Waals surface area contributed by atoms with E-state index in [0.717, 1.165) is 0 Å². The maximum Gasteiger partial charge on any atom is 0.244 e. The molecule has 226 valence electrons. The molecule has 4 aromatic carbocycles. The monoisotopic (exact) mass is 624 g/mol. The van der Waals surface area contributed by atoms with Crippen LogP contribution in [0.25, 0.3) is 0 Å². The number of methoxy groups -OCH3 is 2. The standard InChI is InChI=1S/C32H33ClN2O7S/c1-32(2,37)25-10-6-8-12-27(25)42-28-16-14-23(35-31(36)17-21-9-5-7-11-26(21)33)18-30(28)43(38,39)34-20-22-13-15-24(40-3)19-29(22)41-4/h5-16,18-19,34,37H,17,20H2,1-4H3,(H,35,36). The Morgan fingerprint density at radius 1 is 0.860 bits per heavy atom. The lowest BCUT2D eigenvalue weighted by atomic mass is 9.97. The number of anilines is 1. The number of amides is 1. The van der Waals surface area contributed by atoms with Crippen molar-refractivity contribution in [2.45, 2.75) is 37.3 Å². The molecule has 0 aliphatic carbocycles. The summed E-state index contributed by atoms with van der Waals surface area (Å²) in [5.41, 5.74) is 0.651. The van der Waals surface area contributed by atoms with E-state index in [2.05, 4.69) is 10.0 Å². The predicted molar refractivity (Wildman–Crippen MR) is 166 cm³/mol. The number of rotatable bonds is 12. The van der Waals surface area contributed by atoms with Gasteiger partial charge in [-0.1, -0.05) is 54.1 Å². The van der Waals surface area contributed by atoms with Crippen LogP contribution >= 0.6 is 11.6 Å². The van der Waals surface area contributed by atoms with Crippen molar-refractivity contribution in [2.75, 3.05) is 19.5 Å². The van der Waals surface area contributed by atoms with Crippen molar-refractivity contribution >= 4 is 33.2 Å². The highest BCUT2D eigenvalue weighted by Crippen LogP contribution is 2.37. The topological polar surface area (TPSA) is 123 Å². The molecular formula is C32H33ClN2O7S. The van der Waals surface area contributed by atoms with E-state index in [1.165, 1.54) is 32.4 Å². The lowest BCUT2D eigenvalue weighted by Gasteiger charge is -2.22. The summed E-state index contributed by atoms with van der Waals surface area (Å²) < 4.78 is 46.8. The summed E-state index contributed by atoms with van der Waals surface area (Å²) in [4.78, 5) is 12.6. The van der Waals surface area contributed by atoms with Crippen LogP contribution < -0.4 is 24.2 Å². The lowest BCUT2D eigenvalue weighted by Crippen LogP contribution is -2.24. The molecule has 0 aliphatic heterocycles. The number of nitrogens with one attached hydrogen (secondary N) is 2. The number of aliphatic hydroxyl groups is 1. The second-order valence-corrected chi connectivity index (χ2v) is 12.3. The molecule has 4 rings (SSSR count). The molecule has 0 unspecified atom stereocenters. The second-order valence-electron chi connectivity index (χ2n) is 10.1. The first-order valence-corrected chi connectivity index (χ1v) is 15.1. The Balaban J connectivity index is 1.68. The quantitative estimate of drug-likeness (QED) is 0.176. The maximum absolute atomic E-state index is 13.8. The van der Waals surface area contributed by atoms with E-state index in [9.17, 15) is 18.3 Å². The third-order valence-electron chi connectivity index (χ3n) is 6.54. The van der Waals surface area contributed by atoms with Crippen LogP contribution in [0.1, 0.15) is 30.5 Å². The molecule has 0 saturated heterocycles. The zero-order valence-electron chi connectivity index (χ0n) is 24.2. The van der Waals surface area contributed by atoms with Gasteiger partial charge in [-0.25, -0.2) is 13.1 Å². The van der Waals surface area contributed by atoms with Crippen LogP contribution in [-0.4, -0.2) is 33.7 Å². The molecule has 0 aromatic heterocycles. The number of carbonyl (C=O) groups excluding carboxylic acids is 1. The molecule has 9 nitrogen and oxygen atoms in total. The Morgan fingerprint density at radius 3 is 2.28 bits per heavy atom. The van der Waals surface area contributed by atoms with Crippen LogP contribution in [0, 0.1) is 0 Å². The van der Waals surface area contributed by atoms with Crippen molar-refractivity contribution in [2.24, 2.45) is 0 Å². The summed E-state index contributed by atoms with van der Waals surface area (Å²) in [6.45, 7) is 3.11. The first-order chi connectivity index (χ1) is 20.4. The first kappa shape index (κ1) is 31.8. The maximum atomic E-state index is 13.8. The van der Waals surface area contributed by atoms with Gasteiger partial charge in [0.1, 0.15) is 27.9 Å². The molecule has 0 bridgehead atoms. The largest absolute Gasteiger partial charge is 0.497 e. The molecule has 1 amide bonds. The summed E-state index contributed by atoms with van der Waals surface area (Å²) in [6.07, 6.45) is -0.00548. The van der Waals surface area contributed by atoms with E-state index in [-0.39, 0.29) is 41.0 Å². The van der Waals surface area contributed by atoms with Crippen molar-refractivity contribution in [1.82, 2.24) is 4.72 Å². The van der Waals surface area contributed by atoms with Crippen molar-refractivity contribution in [3.8, 4) is 23.0 Å². The molecule has 0 atom stereocenters. The Kier molecular flexibility index (Phi) is 9.98. The van der Waals surface area contributed by atoms with Gasteiger partial charge in [0.05, 0.1) is 26.2 Å². The Labute approximate surface area is 256 Å². The molecular weight excluding hydrogens is 592 g/mol. The number of hydrogen-bond acceptors (Lipinski definition) is 7. The second kappa shape index (κ2) is 13.5. The van der Waals surface area contributed by atoms with Gasteiger partial charge in [-0.05, 0) is 55.8 Å². The van der Waals surface area contributed by atoms with Gasteiger partial charge < -0.3 is 24.6 Å². The Morgan fingerprint density at radius 2 is 1.58 bits per heavy atom. The molecule has 0 spiro atoms. The summed E-state index contributed by atoms with van der Waals surface area (Å²) in [6, 6.07) is 23.1. The average Bonchev–Trinajstić information content (AvgIpc) is 2.97. The third kappa shape index (κ3) is 8.05. The van der Waals surface area contributed by atoms with Gasteiger partial charge >= 0.3 is 0 Å². The molecule has 0 heterocycles. The van der Waals surface area contributed by atoms with Crippen LogP contribution in [0.4, 0.5) is 5.69 Å². The van der Waals surface area contributed by atoms with Gasteiger partial charge in [0.25, 0.3) is 0 Å². The zero-order chi connectivity index (χ0) is 31.2. The van der Waals surface area contributed by atoms with Crippen LogP contribution in [-0.2, 0) is 33.4 Å². The molecule has 43 heavy (non-hydrogen) atoms. The number of para-hydroxylation sites is 1. The summed E-state index contributed by atoms with van der Waals surface area (Å²) in [5.74, 6) is 0.894. The number of hydrogen-bond donors (Lipinski definition) is 3. The van der Waals surface area contributed by atoms with Crippen LogP contribution in [0.15, 0.2) is 89.8 Å². The number of ether oxygens (including phenoxy) is 3. The fourth-order valence-electron chi connectivity index (χ4n) is 4.33. The molecule has 0 radical (unpaired) electrons. The third-order valence-corrected chi connectivity index (χ3v) is 8.33. The van der Waals surface area contributed by atoms with Crippen molar-refractivity contribution in [1.29, 1.82) is 0 Å². The minimum Gasteiger partial charge on any atom is -0.497 e. The number of sulfonamides is 1. The van der Waals surface area contributed by atoms with E-state index in [1.54, 1.807) is 80.6 Å². The highest BCUT2D eigenvalue weighted by atomic mass is 35.5. The molecule has 0 fully saturated rings. The van der Waals surface area contributed by atoms with Gasteiger partial charge in [-0.3, -0.25) is 4.79 Å². The van der Waals surface area contributed by atoms with E-state index in [4.69, 9.17) is 25.8 Å². The van der Waals surface area contributed by atoms with Crippen molar-refractivity contribution in [3.05, 3.63) is 107 Å². The predicted octanol–water partition coefficient (Wildman–Crippen LogP) is 6.04. The van der Waals surface area contributed by atoms with Gasteiger partial charge in [-0.2, -0.15) is 0 Å². The summed E-state index contributed by atoms with van der Waals surface area (Å²) in [5, 5.41) is 13.9. The van der Waals surface area contributed by atoms with Gasteiger partial charge in [0, 0.05) is 34.4 Å². The molecule has 0 saturated carbocycles. The SMILES string of the molecule is COc1ccc(CNS(=O)(=O)c2cc(NC(=O)Cc3ccccc3Cl)ccc2Oc2ccccc2C(C)(C)O)c(OC)c1. The van der Waals surface area contributed by atoms with Crippen molar-refractivity contribution < 1.29 is 32.5 Å². The fraction of sp³-hybridized carbons (Fsp3) is 0.219. The van der Waals surface area contributed by atoms with E-state index >= 15 is 0 Å². The minimum absolute atomic E-state index is 0.00463. The van der Waals surface area contributed by atoms with Crippen molar-refractivity contribution in [3.63, 3.8) is 0 Å². The first-order valence-electron chi connectivity index (χ1n) is 13.3. The van der Waals surface area contributed by atoms with Gasteiger partial charge in [0.15, 0.2) is 0 Å². The smallest absolute Gasteiger partial charge is 0.244 e. The summed E-state index contributed by atoms with van der Waals surface area (Å²) >= 11 is 6.20. The van der Waals surface area contributed by atoms with E-state index in [0.29, 0.717) is 33.2 Å². The van der Waals surface area contributed by atoms with Gasteiger partial charge in [-0.15, -0.1) is 0 Å². The molecule has 0 aliphatic rings. The summed E-state index contributed by atoms with van der Waals surface area (Å²) in [7, 11) is -1.22. The van der Waals surface area contributed by atoms with Gasteiger partial charge in [0.2, 0.25) is 15.9 Å². The number of benzene rings is 4. The van der Waals surface area contributed by atoms with E-state index < -0.39 is 15.6 Å². The van der Waals surface area contributed by atoms with Crippen LogP contribution in [0.2, 0.25) is 5.02 Å². The molecule has 4 aromatic rings. The Hall–Kier alpha value is -4.09. The molecule has 11 heteroatoms. The number of carbonyl (C=O) groups is 1. The zero-order valence-corrected chi connectivity index (χ0v) is 25.8. The van der Waals surface area contributed by atoms with Crippen LogP contribution in [0.3, 0.4) is 0 Å². The lowest BCUT2D eigenvalue weighted by molar-refractivity contribution is -0.115. The Bertz CT molecular complexity index is 1720.